The molecule has 1 unspecified atom stereocenters. The number of rotatable bonds is 3. The minimum Gasteiger partial charge on any atom is -0.459 e. The van der Waals surface area contributed by atoms with E-state index in [2.05, 4.69) is 25.9 Å². The molecular weight excluding hydrogens is 224 g/mol. The molecule has 0 aliphatic carbocycles. The Hall–Kier alpha value is -0.840. The number of hydrogen-bond donors (Lipinski definition) is 1. The van der Waals surface area contributed by atoms with Crippen molar-refractivity contribution in [2.24, 2.45) is 0 Å². The van der Waals surface area contributed by atoms with Gasteiger partial charge in [-0.1, -0.05) is 15.9 Å². The molecule has 0 amide bonds. The molecule has 0 aliphatic rings. The smallest absolute Gasteiger partial charge is 0.374 e. The Bertz CT molecular complexity index is 246. The number of hydrogen-bond acceptors (Lipinski definition) is 3. The van der Waals surface area contributed by atoms with Crippen molar-refractivity contribution in [3.8, 4) is 0 Å². The van der Waals surface area contributed by atoms with Crippen LogP contribution in [0.3, 0.4) is 0 Å². The number of esters is 1. The van der Waals surface area contributed by atoms with Crippen LogP contribution in [0.2, 0.25) is 0 Å². The van der Waals surface area contributed by atoms with Gasteiger partial charge in [0.05, 0.1) is 0 Å². The summed E-state index contributed by atoms with van der Waals surface area (Å²) >= 11 is 3.26. The summed E-state index contributed by atoms with van der Waals surface area (Å²) in [6.45, 7) is 2.24. The van der Waals surface area contributed by atoms with Gasteiger partial charge in [-0.05, 0) is 6.92 Å². The number of nitrogens with zero attached hydrogens (tertiary/aromatic N) is 1. The number of carbonyl (C=O) groups is 1. The van der Waals surface area contributed by atoms with Gasteiger partial charge in [0.15, 0.2) is 0 Å². The van der Waals surface area contributed by atoms with Gasteiger partial charge in [0.25, 0.3) is 0 Å². The van der Waals surface area contributed by atoms with Crippen LogP contribution in [-0.2, 0) is 4.74 Å². The number of aromatic nitrogens is 2. The standard InChI is InChI=1S/C7H9BrN2O2/c1-5(8)4-12-7(11)6-9-2-3-10-6/h2-3,5H,4H2,1H3,(H,9,10). The van der Waals surface area contributed by atoms with E-state index >= 15 is 0 Å². The molecular formula is C7H9BrN2O2. The second-order valence-corrected chi connectivity index (χ2v) is 3.88. The number of aromatic amines is 1. The number of imidazole rings is 1. The van der Waals surface area contributed by atoms with Crippen LogP contribution in [0.15, 0.2) is 12.4 Å². The molecule has 5 heteroatoms. The largest absolute Gasteiger partial charge is 0.459 e. The van der Waals surface area contributed by atoms with Crippen molar-refractivity contribution in [1.29, 1.82) is 0 Å². The third kappa shape index (κ3) is 2.65. The second-order valence-electron chi connectivity index (χ2n) is 2.32. The van der Waals surface area contributed by atoms with Gasteiger partial charge < -0.3 is 9.72 Å². The summed E-state index contributed by atoms with van der Waals surface area (Å²) in [6.07, 6.45) is 3.09. The highest BCUT2D eigenvalue weighted by Gasteiger charge is 2.09. The fourth-order valence-electron chi connectivity index (χ4n) is 0.636. The molecule has 4 nitrogen and oxygen atoms in total. The van der Waals surface area contributed by atoms with E-state index in [0.29, 0.717) is 6.61 Å². The summed E-state index contributed by atoms with van der Waals surface area (Å²) in [7, 11) is 0. The molecule has 0 spiro atoms. The first kappa shape index (κ1) is 9.25. The van der Waals surface area contributed by atoms with E-state index in [-0.39, 0.29) is 10.7 Å². The molecule has 0 radical (unpaired) electrons. The lowest BCUT2D eigenvalue weighted by Gasteiger charge is -2.03. The summed E-state index contributed by atoms with van der Waals surface area (Å²) in [4.78, 5) is 17.6. The van der Waals surface area contributed by atoms with Gasteiger partial charge in [-0.15, -0.1) is 0 Å². The van der Waals surface area contributed by atoms with Gasteiger partial charge in [0, 0.05) is 17.2 Å². The molecule has 1 rings (SSSR count). The van der Waals surface area contributed by atoms with Crippen molar-refractivity contribution in [3.63, 3.8) is 0 Å². The lowest BCUT2D eigenvalue weighted by molar-refractivity contribution is 0.0499. The van der Waals surface area contributed by atoms with Crippen molar-refractivity contribution in [2.75, 3.05) is 6.61 Å². The Morgan fingerprint density at radius 1 is 1.92 bits per heavy atom. The van der Waals surface area contributed by atoms with E-state index in [9.17, 15) is 4.79 Å². The predicted molar refractivity (Wildman–Crippen MR) is 47.3 cm³/mol. The highest BCUT2D eigenvalue weighted by atomic mass is 79.9. The van der Waals surface area contributed by atoms with Crippen LogP contribution >= 0.6 is 15.9 Å². The van der Waals surface area contributed by atoms with E-state index in [0.717, 1.165) is 0 Å². The molecule has 0 aromatic carbocycles. The van der Waals surface area contributed by atoms with E-state index < -0.39 is 5.97 Å². The summed E-state index contributed by atoms with van der Waals surface area (Å²) in [5.74, 6) is -0.186. The maximum atomic E-state index is 11.1. The van der Waals surface area contributed by atoms with Crippen LogP contribution in [0, 0.1) is 0 Å². The number of H-pyrrole nitrogens is 1. The van der Waals surface area contributed by atoms with E-state index in [1.54, 1.807) is 6.20 Å². The molecule has 0 fully saturated rings. The van der Waals surface area contributed by atoms with Crippen LogP contribution in [0.1, 0.15) is 17.5 Å². The van der Waals surface area contributed by atoms with Crippen LogP contribution in [0.25, 0.3) is 0 Å². The maximum Gasteiger partial charge on any atom is 0.374 e. The molecule has 0 saturated heterocycles. The molecule has 0 saturated carbocycles. The van der Waals surface area contributed by atoms with Crippen molar-refractivity contribution < 1.29 is 9.53 Å². The number of ether oxygens (including phenoxy) is 1. The SMILES string of the molecule is CC(Br)COC(=O)c1ncc[nH]1. The van der Waals surface area contributed by atoms with E-state index in [1.165, 1.54) is 6.20 Å². The zero-order valence-electron chi connectivity index (χ0n) is 6.58. The topological polar surface area (TPSA) is 55.0 Å². The van der Waals surface area contributed by atoms with Gasteiger partial charge in [0.1, 0.15) is 6.61 Å². The van der Waals surface area contributed by atoms with Crippen LogP contribution in [0.4, 0.5) is 0 Å². The monoisotopic (exact) mass is 232 g/mol. The second kappa shape index (κ2) is 4.25. The quantitative estimate of drug-likeness (QED) is 0.633. The van der Waals surface area contributed by atoms with E-state index in [4.69, 9.17) is 4.74 Å². The van der Waals surface area contributed by atoms with Crippen molar-refractivity contribution in [2.45, 2.75) is 11.8 Å². The van der Waals surface area contributed by atoms with Crippen LogP contribution < -0.4 is 0 Å². The molecule has 66 valence electrons. The number of alkyl halides is 1. The van der Waals surface area contributed by atoms with Crippen molar-refractivity contribution >= 4 is 21.9 Å². The molecule has 0 aliphatic heterocycles. The molecule has 1 aromatic rings. The first-order valence-corrected chi connectivity index (χ1v) is 4.42. The zero-order chi connectivity index (χ0) is 8.97. The number of carbonyl (C=O) groups excluding carboxylic acids is 1. The van der Waals surface area contributed by atoms with Gasteiger partial charge in [-0.3, -0.25) is 0 Å². The van der Waals surface area contributed by atoms with E-state index in [1.807, 2.05) is 6.92 Å². The summed E-state index contributed by atoms with van der Waals surface area (Å²) in [5, 5.41) is 0. The molecule has 0 bridgehead atoms. The first-order valence-electron chi connectivity index (χ1n) is 3.50. The maximum absolute atomic E-state index is 11.1. The highest BCUT2D eigenvalue weighted by molar-refractivity contribution is 9.09. The van der Waals surface area contributed by atoms with Crippen molar-refractivity contribution in [3.05, 3.63) is 18.2 Å². The molecule has 1 heterocycles. The summed E-state index contributed by atoms with van der Waals surface area (Å²) < 4.78 is 4.87. The Morgan fingerprint density at radius 3 is 3.17 bits per heavy atom. The number of halogens is 1. The fourth-order valence-corrected chi connectivity index (χ4v) is 0.768. The average Bonchev–Trinajstić information content (AvgIpc) is 2.51. The van der Waals surface area contributed by atoms with Gasteiger partial charge in [-0.25, -0.2) is 9.78 Å². The third-order valence-corrected chi connectivity index (χ3v) is 1.40. The van der Waals surface area contributed by atoms with Crippen LogP contribution in [0.5, 0.6) is 0 Å². The molecule has 1 N–H and O–H groups in total. The lowest BCUT2D eigenvalue weighted by Crippen LogP contribution is -2.12. The fraction of sp³-hybridized carbons (Fsp3) is 0.429. The molecule has 1 atom stereocenters. The molecule has 12 heavy (non-hydrogen) atoms. The van der Waals surface area contributed by atoms with Crippen molar-refractivity contribution in [1.82, 2.24) is 9.97 Å². The minimum atomic E-state index is -0.425. The Kier molecular flexibility index (Phi) is 3.28. The van der Waals surface area contributed by atoms with Gasteiger partial charge >= 0.3 is 5.97 Å². The average molecular weight is 233 g/mol. The first-order chi connectivity index (χ1) is 5.70. The third-order valence-electron chi connectivity index (χ3n) is 1.14. The summed E-state index contributed by atoms with van der Waals surface area (Å²) in [5.41, 5.74) is 0. The number of nitrogens with one attached hydrogen (secondary N) is 1. The Labute approximate surface area is 78.5 Å². The van der Waals surface area contributed by atoms with Gasteiger partial charge in [0.2, 0.25) is 5.82 Å². The zero-order valence-corrected chi connectivity index (χ0v) is 8.17. The Balaban J connectivity index is 2.40. The van der Waals surface area contributed by atoms with Gasteiger partial charge in [-0.2, -0.15) is 0 Å². The predicted octanol–water partition coefficient (Wildman–Crippen LogP) is 1.35. The highest BCUT2D eigenvalue weighted by Crippen LogP contribution is 2.00. The normalized spacial score (nSPS) is 12.5. The lowest BCUT2D eigenvalue weighted by atomic mass is 10.5. The molecule has 1 aromatic heterocycles. The summed E-state index contributed by atoms with van der Waals surface area (Å²) in [6, 6.07) is 0. The Morgan fingerprint density at radius 2 is 2.67 bits per heavy atom. The minimum absolute atomic E-state index is 0.163. The van der Waals surface area contributed by atoms with Crippen LogP contribution in [-0.4, -0.2) is 27.4 Å².